The van der Waals surface area contributed by atoms with Gasteiger partial charge in [-0.25, -0.2) is 9.18 Å². The number of hydrogen-bond acceptors (Lipinski definition) is 2. The average molecular weight is 308 g/mol. The number of likely N-dealkylation sites (N-methyl/N-ethyl adjacent to an activating group) is 1. The molecule has 2 amide bonds. The molecule has 2 unspecified atom stereocenters. The smallest absolute Gasteiger partial charge is 0.317 e. The van der Waals surface area contributed by atoms with E-state index in [1.807, 2.05) is 0 Å². The Bertz CT molecular complexity index is 486. The molecule has 5 heteroatoms. The van der Waals surface area contributed by atoms with Crippen LogP contribution in [0.2, 0.25) is 0 Å². The molecule has 2 atom stereocenters. The molecule has 2 rings (SSSR count). The van der Waals surface area contributed by atoms with Gasteiger partial charge in [0.25, 0.3) is 0 Å². The van der Waals surface area contributed by atoms with Crippen molar-refractivity contribution in [2.24, 2.45) is 5.92 Å². The van der Waals surface area contributed by atoms with E-state index in [-0.39, 0.29) is 30.5 Å². The van der Waals surface area contributed by atoms with Crippen molar-refractivity contribution in [1.29, 1.82) is 0 Å². The number of nitrogens with zero attached hydrogens (tertiary/aromatic N) is 1. The molecule has 122 valence electrons. The molecule has 0 saturated heterocycles. The zero-order valence-electron chi connectivity index (χ0n) is 13.3. The van der Waals surface area contributed by atoms with Crippen LogP contribution in [-0.4, -0.2) is 35.7 Å². The number of rotatable bonds is 5. The number of amides is 2. The van der Waals surface area contributed by atoms with E-state index in [9.17, 15) is 14.3 Å². The van der Waals surface area contributed by atoms with Gasteiger partial charge in [0.2, 0.25) is 0 Å². The van der Waals surface area contributed by atoms with Gasteiger partial charge in [-0.3, -0.25) is 0 Å². The molecule has 1 aliphatic rings. The van der Waals surface area contributed by atoms with E-state index in [2.05, 4.69) is 5.32 Å². The van der Waals surface area contributed by atoms with Crippen molar-refractivity contribution in [1.82, 2.24) is 10.2 Å². The summed E-state index contributed by atoms with van der Waals surface area (Å²) in [7, 11) is 1.67. The molecule has 1 fully saturated rings. The van der Waals surface area contributed by atoms with Crippen molar-refractivity contribution in [2.75, 3.05) is 13.7 Å². The number of benzene rings is 1. The molecule has 0 aliphatic heterocycles. The lowest BCUT2D eigenvalue weighted by molar-refractivity contribution is 0.152. The van der Waals surface area contributed by atoms with Crippen LogP contribution in [0.5, 0.6) is 0 Å². The highest BCUT2D eigenvalue weighted by Gasteiger charge is 2.29. The van der Waals surface area contributed by atoms with Crippen LogP contribution in [0.1, 0.15) is 44.2 Å². The first kappa shape index (κ1) is 16.7. The molecule has 0 spiro atoms. The van der Waals surface area contributed by atoms with Crippen LogP contribution in [0.3, 0.4) is 0 Å². The number of nitrogens with one attached hydrogen (secondary N) is 1. The highest BCUT2D eigenvalue weighted by Crippen LogP contribution is 2.35. The highest BCUT2D eigenvalue weighted by atomic mass is 19.1. The van der Waals surface area contributed by atoms with E-state index >= 15 is 0 Å². The first-order chi connectivity index (χ1) is 10.5. The standard InChI is InChI=1S/C17H25FN2O2/c1-12(11-21)20(2)17(22)19-16(13-5-3-4-6-13)14-7-9-15(18)10-8-14/h7-10,12-13,16,21H,3-6,11H2,1-2H3,(H,19,22). The number of urea groups is 1. The fraction of sp³-hybridized carbons (Fsp3) is 0.588. The second-order valence-corrected chi connectivity index (χ2v) is 6.17. The van der Waals surface area contributed by atoms with Crippen molar-refractivity contribution < 1.29 is 14.3 Å². The zero-order chi connectivity index (χ0) is 16.1. The molecule has 1 aromatic carbocycles. The maximum absolute atomic E-state index is 13.1. The topological polar surface area (TPSA) is 52.6 Å². The average Bonchev–Trinajstić information content (AvgIpc) is 3.06. The second-order valence-electron chi connectivity index (χ2n) is 6.17. The van der Waals surface area contributed by atoms with Gasteiger partial charge in [0.1, 0.15) is 5.82 Å². The summed E-state index contributed by atoms with van der Waals surface area (Å²) in [5, 5.41) is 12.2. The Kier molecular flexibility index (Phi) is 5.77. The van der Waals surface area contributed by atoms with Gasteiger partial charge in [0, 0.05) is 7.05 Å². The van der Waals surface area contributed by atoms with Gasteiger partial charge in [-0.2, -0.15) is 0 Å². The Morgan fingerprint density at radius 2 is 1.95 bits per heavy atom. The van der Waals surface area contributed by atoms with Crippen molar-refractivity contribution in [2.45, 2.75) is 44.7 Å². The van der Waals surface area contributed by atoms with Crippen LogP contribution in [0, 0.1) is 11.7 Å². The van der Waals surface area contributed by atoms with E-state index in [0.29, 0.717) is 5.92 Å². The van der Waals surface area contributed by atoms with Crippen LogP contribution < -0.4 is 5.32 Å². The normalized spacial score (nSPS) is 18.0. The predicted octanol–water partition coefficient (Wildman–Crippen LogP) is 3.08. The quantitative estimate of drug-likeness (QED) is 0.878. The van der Waals surface area contributed by atoms with Gasteiger partial charge in [-0.1, -0.05) is 25.0 Å². The van der Waals surface area contributed by atoms with E-state index in [4.69, 9.17) is 0 Å². The molecule has 2 N–H and O–H groups in total. The van der Waals surface area contributed by atoms with Crippen molar-refractivity contribution in [3.63, 3.8) is 0 Å². The Hall–Kier alpha value is -1.62. The summed E-state index contributed by atoms with van der Waals surface area (Å²) in [6.07, 6.45) is 4.48. The van der Waals surface area contributed by atoms with E-state index in [1.54, 1.807) is 26.1 Å². The third kappa shape index (κ3) is 3.97. The first-order valence-corrected chi connectivity index (χ1v) is 7.92. The Labute approximate surface area is 131 Å². The number of halogens is 1. The number of carbonyl (C=O) groups is 1. The van der Waals surface area contributed by atoms with Crippen LogP contribution in [-0.2, 0) is 0 Å². The summed E-state index contributed by atoms with van der Waals surface area (Å²) in [5.74, 6) is 0.110. The highest BCUT2D eigenvalue weighted by molar-refractivity contribution is 5.74. The first-order valence-electron chi connectivity index (χ1n) is 7.92. The minimum atomic E-state index is -0.272. The summed E-state index contributed by atoms with van der Waals surface area (Å²) in [5.41, 5.74) is 0.937. The lowest BCUT2D eigenvalue weighted by Gasteiger charge is -2.30. The summed E-state index contributed by atoms with van der Waals surface area (Å²) >= 11 is 0. The fourth-order valence-corrected chi connectivity index (χ4v) is 2.99. The maximum atomic E-state index is 13.1. The Morgan fingerprint density at radius 3 is 2.50 bits per heavy atom. The number of carbonyl (C=O) groups excluding carboxylic acids is 1. The molecule has 0 bridgehead atoms. The van der Waals surface area contributed by atoms with Crippen molar-refractivity contribution in [3.8, 4) is 0 Å². The second kappa shape index (κ2) is 7.58. The van der Waals surface area contributed by atoms with Crippen LogP contribution in [0.15, 0.2) is 24.3 Å². The van der Waals surface area contributed by atoms with Crippen molar-refractivity contribution >= 4 is 6.03 Å². The molecule has 1 saturated carbocycles. The largest absolute Gasteiger partial charge is 0.394 e. The predicted molar refractivity (Wildman–Crippen MR) is 83.9 cm³/mol. The van der Waals surface area contributed by atoms with Gasteiger partial charge in [0.05, 0.1) is 18.7 Å². The SMILES string of the molecule is CC(CO)N(C)C(=O)NC(c1ccc(F)cc1)C1CCCC1. The van der Waals surface area contributed by atoms with Gasteiger partial charge >= 0.3 is 6.03 Å². The zero-order valence-corrected chi connectivity index (χ0v) is 13.3. The molecule has 0 aromatic heterocycles. The monoisotopic (exact) mass is 308 g/mol. The number of aliphatic hydroxyl groups excluding tert-OH is 1. The maximum Gasteiger partial charge on any atom is 0.317 e. The molecule has 4 nitrogen and oxygen atoms in total. The molecular formula is C17H25FN2O2. The summed E-state index contributed by atoms with van der Waals surface area (Å²) < 4.78 is 13.1. The summed E-state index contributed by atoms with van der Waals surface area (Å²) in [4.78, 5) is 13.9. The Balaban J connectivity index is 2.14. The number of hydrogen-bond donors (Lipinski definition) is 2. The van der Waals surface area contributed by atoms with E-state index in [1.165, 1.54) is 29.9 Å². The minimum Gasteiger partial charge on any atom is -0.394 e. The molecule has 1 aromatic rings. The lowest BCUT2D eigenvalue weighted by atomic mass is 9.91. The van der Waals surface area contributed by atoms with Gasteiger partial charge in [-0.05, 0) is 43.4 Å². The molecule has 22 heavy (non-hydrogen) atoms. The Morgan fingerprint density at radius 1 is 1.36 bits per heavy atom. The van der Waals surface area contributed by atoms with E-state index < -0.39 is 0 Å². The fourth-order valence-electron chi connectivity index (χ4n) is 2.99. The molecular weight excluding hydrogens is 283 g/mol. The lowest BCUT2D eigenvalue weighted by Crippen LogP contribution is -2.46. The summed E-state index contributed by atoms with van der Waals surface area (Å²) in [6, 6.07) is 5.80. The van der Waals surface area contributed by atoms with Crippen molar-refractivity contribution in [3.05, 3.63) is 35.6 Å². The molecule has 0 radical (unpaired) electrons. The molecule has 1 aliphatic carbocycles. The van der Waals surface area contributed by atoms with Crippen LogP contribution in [0.25, 0.3) is 0 Å². The minimum absolute atomic E-state index is 0.0748. The van der Waals surface area contributed by atoms with Crippen LogP contribution >= 0.6 is 0 Å². The van der Waals surface area contributed by atoms with Gasteiger partial charge in [0.15, 0.2) is 0 Å². The van der Waals surface area contributed by atoms with E-state index in [0.717, 1.165) is 18.4 Å². The third-order valence-corrected chi connectivity index (χ3v) is 4.63. The number of aliphatic hydroxyl groups is 1. The third-order valence-electron chi connectivity index (χ3n) is 4.63. The van der Waals surface area contributed by atoms with Crippen LogP contribution in [0.4, 0.5) is 9.18 Å². The van der Waals surface area contributed by atoms with Gasteiger partial charge < -0.3 is 15.3 Å². The molecule has 0 heterocycles. The summed E-state index contributed by atoms with van der Waals surface area (Å²) in [6.45, 7) is 1.72. The van der Waals surface area contributed by atoms with Gasteiger partial charge in [-0.15, -0.1) is 0 Å².